The normalized spacial score (nSPS) is 20.1. The molecule has 1 atom stereocenters. The van der Waals surface area contributed by atoms with Gasteiger partial charge in [-0.2, -0.15) is 13.2 Å². The van der Waals surface area contributed by atoms with Gasteiger partial charge in [0, 0.05) is 42.4 Å². The highest BCUT2D eigenvalue weighted by Crippen LogP contribution is 2.51. The molecule has 1 fully saturated rings. The third-order valence-electron chi connectivity index (χ3n) is 5.25. The number of carbonyl (C=O) groups is 2. The van der Waals surface area contributed by atoms with E-state index in [4.69, 9.17) is 10.5 Å². The van der Waals surface area contributed by atoms with E-state index >= 15 is 0 Å². The van der Waals surface area contributed by atoms with Gasteiger partial charge < -0.3 is 19.5 Å². The first-order chi connectivity index (χ1) is 13.9. The highest BCUT2D eigenvalue weighted by atomic mass is 127. The largest absolute Gasteiger partial charge is 0.486 e. The second-order valence-corrected chi connectivity index (χ2v) is 9.68. The second kappa shape index (κ2) is 8.17. The molecule has 7 nitrogen and oxygen atoms in total. The molecule has 0 spiro atoms. The number of fused-ring (bicyclic) bond motifs is 1. The van der Waals surface area contributed by atoms with Gasteiger partial charge in [0.1, 0.15) is 11.9 Å². The number of primary amides is 1. The maximum Gasteiger partial charge on any atom is 0.427 e. The fourth-order valence-corrected chi connectivity index (χ4v) is 4.69. The van der Waals surface area contributed by atoms with E-state index in [2.05, 4.69) is 31.3 Å². The average Bonchev–Trinajstić information content (AvgIpc) is 3.40. The van der Waals surface area contributed by atoms with E-state index < -0.39 is 23.3 Å². The van der Waals surface area contributed by atoms with Crippen LogP contribution in [0.15, 0.2) is 18.2 Å². The number of nitrogens with zero attached hydrogens (tertiary/aromatic N) is 1. The summed E-state index contributed by atoms with van der Waals surface area (Å²) in [5.74, 6) is 0.232. The Balaban J connectivity index is 1.71. The summed E-state index contributed by atoms with van der Waals surface area (Å²) in [7, 11) is 1.40. The summed E-state index contributed by atoms with van der Waals surface area (Å²) in [5.41, 5.74) is 3.31. The van der Waals surface area contributed by atoms with Crippen LogP contribution in [0, 0.1) is 5.41 Å². The Morgan fingerprint density at radius 1 is 1.40 bits per heavy atom. The minimum absolute atomic E-state index is 0.230. The highest BCUT2D eigenvalue weighted by Gasteiger charge is 2.51. The maximum absolute atomic E-state index is 12.9. The molecule has 3 rings (SSSR count). The number of hydrogen-bond acceptors (Lipinski definition) is 6. The number of benzene rings is 1. The van der Waals surface area contributed by atoms with E-state index in [1.54, 1.807) is 12.1 Å². The van der Waals surface area contributed by atoms with Gasteiger partial charge in [-0.15, -0.1) is 0 Å². The Hall–Kier alpha value is -1.57. The summed E-state index contributed by atoms with van der Waals surface area (Å²) in [4.78, 5) is 23.6. The lowest BCUT2D eigenvalue weighted by molar-refractivity contribution is -0.242. The Bertz CT molecular complexity index is 848. The summed E-state index contributed by atoms with van der Waals surface area (Å²) >= 11 is 2.10. The zero-order valence-electron chi connectivity index (χ0n) is 16.2. The zero-order chi connectivity index (χ0) is 22.3. The van der Waals surface area contributed by atoms with E-state index in [0.717, 1.165) is 26.7 Å². The SMILES string of the molecule is CC(C)(OC(=O)Nc1ccc2c(c1)N(SI)C[C@@H](CC1(C(N)=O)CC1)O2)C(F)(F)F. The molecular formula is C18H21F3IN3O4S. The van der Waals surface area contributed by atoms with Gasteiger partial charge in [0.2, 0.25) is 11.5 Å². The minimum Gasteiger partial charge on any atom is -0.486 e. The maximum atomic E-state index is 12.9. The van der Waals surface area contributed by atoms with Crippen molar-refractivity contribution in [2.24, 2.45) is 11.1 Å². The lowest BCUT2D eigenvalue weighted by Gasteiger charge is -2.35. The van der Waals surface area contributed by atoms with Crippen molar-refractivity contribution in [3.63, 3.8) is 0 Å². The van der Waals surface area contributed by atoms with Crippen LogP contribution in [0.4, 0.5) is 29.3 Å². The molecule has 0 unspecified atom stereocenters. The van der Waals surface area contributed by atoms with Crippen LogP contribution in [0.5, 0.6) is 5.75 Å². The molecule has 3 N–H and O–H groups in total. The number of halogens is 4. The molecule has 0 saturated heterocycles. The molecule has 1 heterocycles. The summed E-state index contributed by atoms with van der Waals surface area (Å²) in [6.45, 7) is 2.05. The number of anilines is 2. The number of rotatable bonds is 6. The molecule has 2 amide bonds. The summed E-state index contributed by atoms with van der Waals surface area (Å²) in [6.07, 6.45) is -4.10. The van der Waals surface area contributed by atoms with Gasteiger partial charge in [0.25, 0.3) is 0 Å². The number of alkyl halides is 3. The van der Waals surface area contributed by atoms with Crippen LogP contribution < -0.4 is 20.1 Å². The highest BCUT2D eigenvalue weighted by molar-refractivity contribution is 14.2. The average molecular weight is 559 g/mol. The Labute approximate surface area is 187 Å². The van der Waals surface area contributed by atoms with Crippen molar-refractivity contribution in [1.29, 1.82) is 0 Å². The van der Waals surface area contributed by atoms with Crippen LogP contribution in [-0.2, 0) is 9.53 Å². The first-order valence-corrected chi connectivity index (χ1v) is 12.4. The minimum atomic E-state index is -4.69. The van der Waals surface area contributed by atoms with E-state index in [1.807, 2.05) is 4.31 Å². The smallest absolute Gasteiger partial charge is 0.427 e. The first-order valence-electron chi connectivity index (χ1n) is 9.10. The van der Waals surface area contributed by atoms with E-state index in [1.165, 1.54) is 15.2 Å². The molecule has 2 aliphatic rings. The number of nitrogens with one attached hydrogen (secondary N) is 1. The van der Waals surface area contributed by atoms with Crippen molar-refractivity contribution in [2.45, 2.75) is 51.0 Å². The van der Waals surface area contributed by atoms with Gasteiger partial charge >= 0.3 is 12.3 Å². The number of amides is 2. The molecular weight excluding hydrogens is 538 g/mol. The lowest BCUT2D eigenvalue weighted by atomic mass is 9.97. The number of nitrogens with two attached hydrogens (primary N) is 1. The fourth-order valence-electron chi connectivity index (χ4n) is 3.13. The van der Waals surface area contributed by atoms with E-state index in [9.17, 15) is 22.8 Å². The van der Waals surface area contributed by atoms with Crippen molar-refractivity contribution in [1.82, 2.24) is 0 Å². The third kappa shape index (κ3) is 4.84. The van der Waals surface area contributed by atoms with Crippen LogP contribution >= 0.6 is 30.3 Å². The number of hydrogen-bond donors (Lipinski definition) is 2. The lowest BCUT2D eigenvalue weighted by Crippen LogP contribution is -2.44. The molecule has 12 heteroatoms. The summed E-state index contributed by atoms with van der Waals surface area (Å²) in [5, 5.41) is 2.32. The topological polar surface area (TPSA) is 93.9 Å². The van der Waals surface area contributed by atoms with Crippen LogP contribution in [0.3, 0.4) is 0 Å². The summed E-state index contributed by atoms with van der Waals surface area (Å²) < 4.78 is 51.2. The molecule has 1 aliphatic carbocycles. The quantitative estimate of drug-likeness (QED) is 0.385. The van der Waals surface area contributed by atoms with Crippen molar-refractivity contribution in [3.05, 3.63) is 18.2 Å². The van der Waals surface area contributed by atoms with Gasteiger partial charge in [0.05, 0.1) is 17.6 Å². The molecule has 0 aromatic heterocycles. The molecule has 1 saturated carbocycles. The Morgan fingerprint density at radius 3 is 2.60 bits per heavy atom. The second-order valence-electron chi connectivity index (χ2n) is 7.92. The number of ether oxygens (including phenoxy) is 2. The molecule has 1 aliphatic heterocycles. The monoisotopic (exact) mass is 559 g/mol. The van der Waals surface area contributed by atoms with Gasteiger partial charge in [-0.25, -0.2) is 4.79 Å². The number of carbonyl (C=O) groups excluding carboxylic acids is 2. The molecule has 1 aromatic carbocycles. The molecule has 166 valence electrons. The molecule has 30 heavy (non-hydrogen) atoms. The summed E-state index contributed by atoms with van der Waals surface area (Å²) in [6, 6.07) is 4.73. The third-order valence-corrected chi connectivity index (χ3v) is 7.18. The van der Waals surface area contributed by atoms with Gasteiger partial charge in [-0.1, -0.05) is 0 Å². The molecule has 0 radical (unpaired) electrons. The standard InChI is InChI=1S/C18H21F3IN3O4S/c1-16(2,18(19,20)21)29-15(27)24-10-3-4-13-12(7-10)25(30-22)9-11(28-13)8-17(5-6-17)14(23)26/h3-4,7,11H,5-6,8-9H2,1-2H3,(H2,23,26)(H,24,27)/t11-/m1/s1. The van der Waals surface area contributed by atoms with Crippen molar-refractivity contribution >= 4 is 53.7 Å². The molecule has 1 aromatic rings. The van der Waals surface area contributed by atoms with Crippen LogP contribution in [0.2, 0.25) is 0 Å². The van der Waals surface area contributed by atoms with Crippen LogP contribution in [0.25, 0.3) is 0 Å². The Morgan fingerprint density at radius 2 is 2.07 bits per heavy atom. The predicted molar refractivity (Wildman–Crippen MR) is 116 cm³/mol. The molecule has 0 bridgehead atoms. The van der Waals surface area contributed by atoms with Gasteiger partial charge in [-0.3, -0.25) is 10.1 Å². The van der Waals surface area contributed by atoms with Crippen molar-refractivity contribution < 1.29 is 32.2 Å². The Kier molecular flexibility index (Phi) is 6.29. The van der Waals surface area contributed by atoms with Crippen LogP contribution in [0.1, 0.15) is 33.1 Å². The van der Waals surface area contributed by atoms with Crippen LogP contribution in [-0.4, -0.2) is 36.4 Å². The zero-order valence-corrected chi connectivity index (χ0v) is 19.2. The van der Waals surface area contributed by atoms with Gasteiger partial charge in [0.15, 0.2) is 0 Å². The van der Waals surface area contributed by atoms with Gasteiger partial charge in [-0.05, 0) is 44.9 Å². The first kappa shape index (κ1) is 23.1. The van der Waals surface area contributed by atoms with Crippen molar-refractivity contribution in [2.75, 3.05) is 16.2 Å². The fraction of sp³-hybridized carbons (Fsp3) is 0.556. The van der Waals surface area contributed by atoms with Crippen molar-refractivity contribution in [3.8, 4) is 5.75 Å². The van der Waals surface area contributed by atoms with E-state index in [0.29, 0.717) is 24.4 Å². The predicted octanol–water partition coefficient (Wildman–Crippen LogP) is 4.80. The van der Waals surface area contributed by atoms with E-state index in [-0.39, 0.29) is 17.7 Å².